The van der Waals surface area contributed by atoms with Crippen LogP contribution in [0.1, 0.15) is 43.7 Å². The summed E-state index contributed by atoms with van der Waals surface area (Å²) in [5.41, 5.74) is 2.94. The van der Waals surface area contributed by atoms with Crippen molar-refractivity contribution in [2.24, 2.45) is 5.92 Å². The number of pyridine rings is 1. The molecule has 3 aromatic heterocycles. The number of nitrogens with one attached hydrogen (secondary N) is 1. The van der Waals surface area contributed by atoms with Gasteiger partial charge in [0.15, 0.2) is 11.7 Å². The van der Waals surface area contributed by atoms with Gasteiger partial charge >= 0.3 is 0 Å². The first-order valence-corrected chi connectivity index (χ1v) is 10.5. The Morgan fingerprint density at radius 2 is 1.81 bits per heavy atom. The molecule has 8 heteroatoms. The summed E-state index contributed by atoms with van der Waals surface area (Å²) < 4.78 is 11.3. The minimum Gasteiger partial charge on any atom is -0.441 e. The Labute approximate surface area is 186 Å². The van der Waals surface area contributed by atoms with E-state index in [0.29, 0.717) is 29.8 Å². The van der Waals surface area contributed by atoms with E-state index in [9.17, 15) is 4.79 Å². The van der Waals surface area contributed by atoms with Crippen LogP contribution in [0, 0.1) is 12.8 Å². The van der Waals surface area contributed by atoms with Crippen molar-refractivity contribution >= 4 is 5.91 Å². The molecular formula is C24H25N5O3. The molecule has 164 valence electrons. The maximum Gasteiger partial charge on any atom is 0.249 e. The molecule has 0 aliphatic carbocycles. The van der Waals surface area contributed by atoms with Crippen molar-refractivity contribution in [1.82, 2.24) is 25.4 Å². The van der Waals surface area contributed by atoms with Crippen LogP contribution < -0.4 is 5.32 Å². The summed E-state index contributed by atoms with van der Waals surface area (Å²) in [6.07, 6.45) is 5.66. The highest BCUT2D eigenvalue weighted by atomic mass is 16.5. The molecule has 1 N–H and O–H groups in total. The van der Waals surface area contributed by atoms with Crippen molar-refractivity contribution in [2.45, 2.75) is 39.7 Å². The van der Waals surface area contributed by atoms with Crippen LogP contribution in [0.3, 0.4) is 0 Å². The number of aromatic nitrogens is 4. The molecule has 4 aromatic rings. The van der Waals surface area contributed by atoms with Crippen molar-refractivity contribution in [3.63, 3.8) is 0 Å². The number of oxazole rings is 1. The molecular weight excluding hydrogens is 406 g/mol. The lowest BCUT2D eigenvalue weighted by atomic mass is 10.0. The van der Waals surface area contributed by atoms with Crippen molar-refractivity contribution in [3.05, 3.63) is 72.3 Å². The lowest BCUT2D eigenvalue weighted by molar-refractivity contribution is -0.122. The van der Waals surface area contributed by atoms with E-state index in [1.165, 1.54) is 5.56 Å². The summed E-state index contributed by atoms with van der Waals surface area (Å²) in [4.78, 5) is 25.4. The average Bonchev–Trinajstić information content (AvgIpc) is 3.47. The monoisotopic (exact) mass is 431 g/mol. The van der Waals surface area contributed by atoms with Gasteiger partial charge in [-0.3, -0.25) is 9.78 Å². The Morgan fingerprint density at radius 3 is 2.53 bits per heavy atom. The first-order chi connectivity index (χ1) is 15.5. The van der Waals surface area contributed by atoms with Gasteiger partial charge in [-0.1, -0.05) is 48.8 Å². The second-order valence-electron chi connectivity index (χ2n) is 7.97. The van der Waals surface area contributed by atoms with Gasteiger partial charge in [-0.05, 0) is 25.0 Å². The predicted octanol–water partition coefficient (Wildman–Crippen LogP) is 4.54. The maximum absolute atomic E-state index is 12.6. The zero-order valence-electron chi connectivity index (χ0n) is 18.3. The van der Waals surface area contributed by atoms with Crippen LogP contribution in [-0.4, -0.2) is 26.0 Å². The Kier molecular flexibility index (Phi) is 6.39. The van der Waals surface area contributed by atoms with E-state index in [-0.39, 0.29) is 18.2 Å². The molecule has 32 heavy (non-hydrogen) atoms. The van der Waals surface area contributed by atoms with Crippen LogP contribution in [-0.2, 0) is 11.2 Å². The van der Waals surface area contributed by atoms with E-state index in [1.807, 2.05) is 45.0 Å². The quantitative estimate of drug-likeness (QED) is 0.436. The van der Waals surface area contributed by atoms with Crippen molar-refractivity contribution in [1.29, 1.82) is 0 Å². The maximum atomic E-state index is 12.6. The minimum atomic E-state index is -0.390. The molecule has 0 aliphatic rings. The summed E-state index contributed by atoms with van der Waals surface area (Å²) in [7, 11) is 0. The van der Waals surface area contributed by atoms with Gasteiger partial charge in [-0.25, -0.2) is 4.98 Å². The fraction of sp³-hybridized carbons (Fsp3) is 0.292. The number of carbonyl (C=O) groups excluding carboxylic acids is 1. The molecule has 0 fully saturated rings. The SMILES string of the molecule is Cc1ccc(-c2cnc(CCC(=O)NC(c3nc(-c4ccncc4)no3)C(C)C)o2)cc1. The molecule has 3 heterocycles. The number of rotatable bonds is 8. The number of nitrogens with zero attached hydrogens (tertiary/aromatic N) is 4. The van der Waals surface area contributed by atoms with Gasteiger partial charge in [0, 0.05) is 36.4 Å². The van der Waals surface area contributed by atoms with Gasteiger partial charge in [0.1, 0.15) is 6.04 Å². The highest BCUT2D eigenvalue weighted by molar-refractivity contribution is 5.76. The van der Waals surface area contributed by atoms with Crippen molar-refractivity contribution < 1.29 is 13.7 Å². The number of benzene rings is 1. The largest absolute Gasteiger partial charge is 0.441 e. The van der Waals surface area contributed by atoms with Crippen LogP contribution in [0.15, 0.2) is 63.9 Å². The predicted molar refractivity (Wildman–Crippen MR) is 118 cm³/mol. The van der Waals surface area contributed by atoms with Crippen LogP contribution in [0.25, 0.3) is 22.7 Å². The molecule has 0 spiro atoms. The summed E-state index contributed by atoms with van der Waals surface area (Å²) in [5.74, 6) is 1.98. The second-order valence-corrected chi connectivity index (χ2v) is 7.97. The van der Waals surface area contributed by atoms with E-state index < -0.39 is 6.04 Å². The van der Waals surface area contributed by atoms with Crippen molar-refractivity contribution in [3.8, 4) is 22.7 Å². The van der Waals surface area contributed by atoms with E-state index in [2.05, 4.69) is 25.4 Å². The number of carbonyl (C=O) groups is 1. The Bertz CT molecular complexity index is 1170. The molecule has 0 radical (unpaired) electrons. The zero-order valence-corrected chi connectivity index (χ0v) is 18.3. The molecule has 1 amide bonds. The first-order valence-electron chi connectivity index (χ1n) is 10.5. The van der Waals surface area contributed by atoms with Gasteiger partial charge in [0.05, 0.1) is 6.20 Å². The van der Waals surface area contributed by atoms with Crippen LogP contribution >= 0.6 is 0 Å². The third kappa shape index (κ3) is 5.08. The normalized spacial score (nSPS) is 12.1. The van der Waals surface area contributed by atoms with Crippen LogP contribution in [0.5, 0.6) is 0 Å². The summed E-state index contributed by atoms with van der Waals surface area (Å²) in [6, 6.07) is 11.2. The van der Waals surface area contributed by atoms with Gasteiger partial charge in [-0.15, -0.1) is 0 Å². The molecule has 4 rings (SSSR count). The molecule has 8 nitrogen and oxygen atoms in total. The Balaban J connectivity index is 1.37. The standard InChI is InChI=1S/C24H25N5O3/c1-15(2)22(24-28-23(29-32-24)18-10-12-25-13-11-18)27-20(30)8-9-21-26-14-19(31-21)17-6-4-16(3)5-7-17/h4-7,10-15,22H,8-9H2,1-3H3,(H,27,30). The highest BCUT2D eigenvalue weighted by Crippen LogP contribution is 2.24. The minimum absolute atomic E-state index is 0.0690. The van der Waals surface area contributed by atoms with Crippen molar-refractivity contribution in [2.75, 3.05) is 0 Å². The van der Waals surface area contributed by atoms with E-state index in [1.54, 1.807) is 30.7 Å². The smallest absolute Gasteiger partial charge is 0.249 e. The number of hydrogen-bond acceptors (Lipinski definition) is 7. The van der Waals surface area contributed by atoms with E-state index in [4.69, 9.17) is 8.94 Å². The summed E-state index contributed by atoms with van der Waals surface area (Å²) >= 11 is 0. The van der Waals surface area contributed by atoms with Gasteiger partial charge in [0.25, 0.3) is 0 Å². The summed E-state index contributed by atoms with van der Waals surface area (Å²) in [6.45, 7) is 6.01. The molecule has 1 unspecified atom stereocenters. The third-order valence-electron chi connectivity index (χ3n) is 5.09. The Morgan fingerprint density at radius 1 is 1.06 bits per heavy atom. The molecule has 1 atom stereocenters. The first kappa shape index (κ1) is 21.4. The van der Waals surface area contributed by atoms with Crippen LogP contribution in [0.4, 0.5) is 0 Å². The summed E-state index contributed by atoms with van der Waals surface area (Å²) in [5, 5.41) is 7.03. The molecule has 0 bridgehead atoms. The number of aryl methyl sites for hydroxylation is 2. The lowest BCUT2D eigenvalue weighted by Crippen LogP contribution is -2.32. The van der Waals surface area contributed by atoms with E-state index in [0.717, 1.165) is 11.1 Å². The topological polar surface area (TPSA) is 107 Å². The van der Waals surface area contributed by atoms with E-state index >= 15 is 0 Å². The number of hydrogen-bond donors (Lipinski definition) is 1. The highest BCUT2D eigenvalue weighted by Gasteiger charge is 2.25. The fourth-order valence-corrected chi connectivity index (χ4v) is 3.24. The molecule has 0 aliphatic heterocycles. The second kappa shape index (κ2) is 9.55. The van der Waals surface area contributed by atoms with Gasteiger partial charge in [0.2, 0.25) is 17.6 Å². The average molecular weight is 431 g/mol. The third-order valence-corrected chi connectivity index (χ3v) is 5.09. The van der Waals surface area contributed by atoms with Gasteiger partial charge in [-0.2, -0.15) is 4.98 Å². The Hall–Kier alpha value is -3.81. The van der Waals surface area contributed by atoms with Crippen LogP contribution in [0.2, 0.25) is 0 Å². The zero-order chi connectivity index (χ0) is 22.5. The molecule has 0 saturated carbocycles. The van der Waals surface area contributed by atoms with Gasteiger partial charge < -0.3 is 14.3 Å². The lowest BCUT2D eigenvalue weighted by Gasteiger charge is -2.18. The molecule has 0 saturated heterocycles. The fourth-order valence-electron chi connectivity index (χ4n) is 3.24. The number of amides is 1. The molecule has 1 aromatic carbocycles.